The van der Waals surface area contributed by atoms with Crippen LogP contribution in [-0.2, 0) is 26.2 Å². The molecule has 0 heterocycles. The minimum atomic E-state index is -3.73. The molecule has 1 N–H and O–H groups in total. The molecule has 0 radical (unpaired) electrons. The minimum absolute atomic E-state index is 0.0810. The van der Waals surface area contributed by atoms with Gasteiger partial charge < -0.3 is 10.2 Å². The Morgan fingerprint density at radius 3 is 2.15 bits per heavy atom. The van der Waals surface area contributed by atoms with Gasteiger partial charge in [0.1, 0.15) is 12.6 Å². The van der Waals surface area contributed by atoms with Crippen molar-refractivity contribution in [1.29, 1.82) is 0 Å². The van der Waals surface area contributed by atoms with Gasteiger partial charge in [0.05, 0.1) is 11.9 Å². The molecule has 7 nitrogen and oxygen atoms in total. The Morgan fingerprint density at radius 2 is 1.64 bits per heavy atom. The molecule has 0 spiro atoms. The summed E-state index contributed by atoms with van der Waals surface area (Å²) in [5.41, 5.74) is 3.31. The highest BCUT2D eigenvalue weighted by molar-refractivity contribution is 7.92. The maximum atomic E-state index is 13.6. The standard InChI is InChI=1S/C25H35N3O4S/c1-7-23(25(30)26-18(2)3)27(16-21-10-8-9-20(5)15-21)24(29)17-28(33(6,31)32)22-13-11-19(4)12-14-22/h8-15,18,23H,7,16-17H2,1-6H3,(H,26,30). The SMILES string of the molecule is CCC(C(=O)NC(C)C)N(Cc1cccc(C)c1)C(=O)CN(c1ccc(C)cc1)S(C)(=O)=O. The topological polar surface area (TPSA) is 86.8 Å². The van der Waals surface area contributed by atoms with E-state index in [1.165, 1.54) is 4.90 Å². The second-order valence-corrected chi connectivity index (χ2v) is 10.6. The summed E-state index contributed by atoms with van der Waals surface area (Å²) < 4.78 is 26.2. The van der Waals surface area contributed by atoms with E-state index in [1.807, 2.05) is 58.9 Å². The highest BCUT2D eigenvalue weighted by Gasteiger charge is 2.31. The lowest BCUT2D eigenvalue weighted by Crippen LogP contribution is -2.53. The van der Waals surface area contributed by atoms with E-state index in [0.29, 0.717) is 12.1 Å². The predicted octanol–water partition coefficient (Wildman–Crippen LogP) is 3.40. The Hall–Kier alpha value is -2.87. The van der Waals surface area contributed by atoms with Gasteiger partial charge in [0.15, 0.2) is 0 Å². The van der Waals surface area contributed by atoms with Crippen molar-refractivity contribution in [2.75, 3.05) is 17.1 Å². The molecule has 0 fully saturated rings. The average Bonchev–Trinajstić information content (AvgIpc) is 2.71. The summed E-state index contributed by atoms with van der Waals surface area (Å²) in [5.74, 6) is -0.692. The van der Waals surface area contributed by atoms with E-state index in [2.05, 4.69) is 5.32 Å². The number of amides is 2. The van der Waals surface area contributed by atoms with Gasteiger partial charge in [-0.2, -0.15) is 0 Å². The minimum Gasteiger partial charge on any atom is -0.352 e. The average molecular weight is 474 g/mol. The van der Waals surface area contributed by atoms with Crippen LogP contribution in [0.25, 0.3) is 0 Å². The van der Waals surface area contributed by atoms with E-state index in [9.17, 15) is 18.0 Å². The molecule has 180 valence electrons. The third-order valence-electron chi connectivity index (χ3n) is 5.25. The maximum absolute atomic E-state index is 13.6. The van der Waals surface area contributed by atoms with Gasteiger partial charge >= 0.3 is 0 Å². The highest BCUT2D eigenvalue weighted by Crippen LogP contribution is 2.20. The Bertz CT molecular complexity index is 1070. The number of carbonyl (C=O) groups excluding carboxylic acids is 2. The fourth-order valence-electron chi connectivity index (χ4n) is 3.63. The van der Waals surface area contributed by atoms with E-state index in [-0.39, 0.29) is 25.0 Å². The Balaban J connectivity index is 2.43. The normalized spacial score (nSPS) is 12.3. The number of hydrogen-bond donors (Lipinski definition) is 1. The van der Waals surface area contributed by atoms with Crippen LogP contribution in [0.2, 0.25) is 0 Å². The van der Waals surface area contributed by atoms with Crippen molar-refractivity contribution in [3.8, 4) is 0 Å². The number of rotatable bonds is 10. The number of anilines is 1. The molecule has 0 bridgehead atoms. The van der Waals surface area contributed by atoms with Crippen molar-refractivity contribution >= 4 is 27.5 Å². The summed E-state index contributed by atoms with van der Waals surface area (Å²) >= 11 is 0. The Morgan fingerprint density at radius 1 is 1.00 bits per heavy atom. The highest BCUT2D eigenvalue weighted by atomic mass is 32.2. The largest absolute Gasteiger partial charge is 0.352 e. The number of hydrogen-bond acceptors (Lipinski definition) is 4. The van der Waals surface area contributed by atoms with Crippen LogP contribution in [0.3, 0.4) is 0 Å². The molecule has 0 aromatic heterocycles. The molecule has 8 heteroatoms. The summed E-state index contributed by atoms with van der Waals surface area (Å²) in [6, 6.07) is 13.9. The molecule has 33 heavy (non-hydrogen) atoms. The molecule has 0 aliphatic carbocycles. The molecule has 2 aromatic rings. The lowest BCUT2D eigenvalue weighted by atomic mass is 10.1. The monoisotopic (exact) mass is 473 g/mol. The summed E-state index contributed by atoms with van der Waals surface area (Å²) in [5, 5.41) is 2.88. The van der Waals surface area contributed by atoms with Crippen LogP contribution in [0.4, 0.5) is 5.69 Å². The molecule has 1 atom stereocenters. The van der Waals surface area contributed by atoms with Crippen LogP contribution < -0.4 is 9.62 Å². The zero-order valence-corrected chi connectivity index (χ0v) is 21.1. The number of sulfonamides is 1. The van der Waals surface area contributed by atoms with Gasteiger partial charge in [-0.1, -0.05) is 54.4 Å². The lowest BCUT2D eigenvalue weighted by molar-refractivity contribution is -0.140. The van der Waals surface area contributed by atoms with Crippen LogP contribution in [-0.4, -0.2) is 50.0 Å². The van der Waals surface area contributed by atoms with E-state index >= 15 is 0 Å². The third-order valence-corrected chi connectivity index (χ3v) is 6.39. The second kappa shape index (κ2) is 11.3. The van der Waals surface area contributed by atoms with E-state index in [1.54, 1.807) is 24.3 Å². The molecule has 0 saturated heterocycles. The summed E-state index contributed by atoms with van der Waals surface area (Å²) in [7, 11) is -3.73. The molecule has 0 aliphatic rings. The molecule has 2 rings (SSSR count). The molecule has 1 unspecified atom stereocenters. The molecular formula is C25H35N3O4S. The summed E-state index contributed by atoms with van der Waals surface area (Å²) in [4.78, 5) is 28.0. The van der Waals surface area contributed by atoms with Crippen molar-refractivity contribution in [2.24, 2.45) is 0 Å². The summed E-state index contributed by atoms with van der Waals surface area (Å²) in [6.07, 6.45) is 1.48. The summed E-state index contributed by atoms with van der Waals surface area (Å²) in [6.45, 7) is 9.24. The Kier molecular flexibility index (Phi) is 9.05. The first-order valence-corrected chi connectivity index (χ1v) is 13.0. The van der Waals surface area contributed by atoms with Crippen LogP contribution in [0, 0.1) is 13.8 Å². The van der Waals surface area contributed by atoms with E-state index in [4.69, 9.17) is 0 Å². The number of benzene rings is 2. The van der Waals surface area contributed by atoms with E-state index < -0.39 is 22.0 Å². The van der Waals surface area contributed by atoms with Crippen LogP contribution in [0.5, 0.6) is 0 Å². The first-order valence-electron chi connectivity index (χ1n) is 11.1. The van der Waals surface area contributed by atoms with Crippen molar-refractivity contribution in [3.05, 3.63) is 65.2 Å². The Labute approximate surface area is 197 Å². The van der Waals surface area contributed by atoms with Crippen molar-refractivity contribution in [2.45, 2.75) is 59.7 Å². The van der Waals surface area contributed by atoms with Gasteiger partial charge in [0.2, 0.25) is 21.8 Å². The van der Waals surface area contributed by atoms with Crippen LogP contribution >= 0.6 is 0 Å². The van der Waals surface area contributed by atoms with Gasteiger partial charge in [-0.3, -0.25) is 13.9 Å². The van der Waals surface area contributed by atoms with Crippen LogP contribution in [0.15, 0.2) is 48.5 Å². The van der Waals surface area contributed by atoms with Gasteiger partial charge in [0.25, 0.3) is 0 Å². The lowest BCUT2D eigenvalue weighted by Gasteiger charge is -2.33. The molecule has 2 amide bonds. The molecule has 2 aromatic carbocycles. The third kappa shape index (κ3) is 7.60. The maximum Gasteiger partial charge on any atom is 0.244 e. The van der Waals surface area contributed by atoms with Crippen molar-refractivity contribution < 1.29 is 18.0 Å². The zero-order chi connectivity index (χ0) is 24.8. The first kappa shape index (κ1) is 26.4. The number of nitrogens with one attached hydrogen (secondary N) is 1. The first-order chi connectivity index (χ1) is 15.4. The predicted molar refractivity (Wildman–Crippen MR) is 132 cm³/mol. The van der Waals surface area contributed by atoms with E-state index in [0.717, 1.165) is 27.3 Å². The quantitative estimate of drug-likeness (QED) is 0.573. The zero-order valence-electron chi connectivity index (χ0n) is 20.3. The molecular weight excluding hydrogens is 438 g/mol. The molecule has 0 saturated carbocycles. The number of nitrogens with zero attached hydrogens (tertiary/aromatic N) is 2. The molecule has 0 aliphatic heterocycles. The van der Waals surface area contributed by atoms with Gasteiger partial charge in [-0.05, 0) is 51.8 Å². The van der Waals surface area contributed by atoms with Crippen LogP contribution in [0.1, 0.15) is 43.9 Å². The number of aryl methyl sites for hydroxylation is 2. The smallest absolute Gasteiger partial charge is 0.244 e. The fraction of sp³-hybridized carbons (Fsp3) is 0.440. The number of carbonyl (C=O) groups is 2. The van der Waals surface area contributed by atoms with Gasteiger partial charge in [-0.15, -0.1) is 0 Å². The fourth-order valence-corrected chi connectivity index (χ4v) is 4.48. The van der Waals surface area contributed by atoms with Crippen molar-refractivity contribution in [1.82, 2.24) is 10.2 Å². The van der Waals surface area contributed by atoms with Crippen molar-refractivity contribution in [3.63, 3.8) is 0 Å². The second-order valence-electron chi connectivity index (χ2n) is 8.70. The van der Waals surface area contributed by atoms with Gasteiger partial charge in [0, 0.05) is 12.6 Å². The van der Waals surface area contributed by atoms with Gasteiger partial charge in [-0.25, -0.2) is 8.42 Å².